The molecule has 1 amide bonds. The highest BCUT2D eigenvalue weighted by Crippen LogP contribution is 2.38. The summed E-state index contributed by atoms with van der Waals surface area (Å²) in [6.07, 6.45) is 4.99. The minimum absolute atomic E-state index is 0.0396. The molecule has 1 N–H and O–H groups in total. The van der Waals surface area contributed by atoms with E-state index in [1.807, 2.05) is 6.07 Å². The normalized spacial score (nSPS) is 19.8. The summed E-state index contributed by atoms with van der Waals surface area (Å²) in [6.45, 7) is 1.80. The van der Waals surface area contributed by atoms with E-state index in [0.29, 0.717) is 23.3 Å². The highest BCUT2D eigenvalue weighted by Gasteiger charge is 2.31. The van der Waals surface area contributed by atoms with Crippen LogP contribution in [0.1, 0.15) is 74.4 Å². The van der Waals surface area contributed by atoms with Crippen LogP contribution in [0.5, 0.6) is 0 Å². The molecule has 0 saturated heterocycles. The summed E-state index contributed by atoms with van der Waals surface area (Å²) in [4.78, 5) is 26.1. The molecule has 4 rings (SSSR count). The Balaban J connectivity index is 1.61. The Bertz CT molecular complexity index is 836. The van der Waals surface area contributed by atoms with Gasteiger partial charge in [-0.1, -0.05) is 11.6 Å². The monoisotopic (exact) mass is 363 g/mol. The molecule has 4 nitrogen and oxygen atoms in total. The van der Waals surface area contributed by atoms with Gasteiger partial charge in [0.2, 0.25) is 0 Å². The quantitative estimate of drug-likeness (QED) is 0.846. The van der Waals surface area contributed by atoms with Crippen LogP contribution in [0.2, 0.25) is 4.34 Å². The summed E-state index contributed by atoms with van der Waals surface area (Å²) in [7, 11) is 0. The summed E-state index contributed by atoms with van der Waals surface area (Å²) >= 11 is 7.72. The van der Waals surface area contributed by atoms with E-state index in [1.54, 1.807) is 18.3 Å². The van der Waals surface area contributed by atoms with Gasteiger partial charge in [0.15, 0.2) is 11.5 Å². The number of aryl methyl sites for hydroxylation is 2. The van der Waals surface area contributed by atoms with Crippen molar-refractivity contribution in [2.75, 3.05) is 0 Å². The minimum atomic E-state index is -0.241. The number of nitrogens with one attached hydrogen (secondary N) is 1. The number of rotatable bonds is 2. The number of amides is 1. The second-order valence-electron chi connectivity index (χ2n) is 6.48. The second-order valence-corrected chi connectivity index (χ2v) is 8.25. The third kappa shape index (κ3) is 2.60. The Morgan fingerprint density at radius 1 is 1.33 bits per heavy atom. The molecule has 24 heavy (non-hydrogen) atoms. The molecular weight excluding hydrogens is 346 g/mol. The zero-order valence-corrected chi connectivity index (χ0v) is 15.0. The fraction of sp³-hybridized carbons (Fsp3) is 0.444. The molecule has 2 aliphatic carbocycles. The van der Waals surface area contributed by atoms with Gasteiger partial charge in [-0.25, -0.2) is 0 Å². The highest BCUT2D eigenvalue weighted by atomic mass is 35.5. The zero-order chi connectivity index (χ0) is 16.8. The zero-order valence-electron chi connectivity index (χ0n) is 13.4. The predicted octanol–water partition coefficient (Wildman–Crippen LogP) is 4.63. The second kappa shape index (κ2) is 6.05. The van der Waals surface area contributed by atoms with Gasteiger partial charge in [0.25, 0.3) is 5.91 Å². The summed E-state index contributed by atoms with van der Waals surface area (Å²) in [5.74, 6) is 0.788. The largest absolute Gasteiger partial charge is 0.455 e. The number of hydrogen-bond donors (Lipinski definition) is 1. The molecule has 0 aliphatic heterocycles. The average molecular weight is 364 g/mol. The fourth-order valence-corrected chi connectivity index (χ4v) is 5.14. The van der Waals surface area contributed by atoms with Gasteiger partial charge in [-0.05, 0) is 44.2 Å². The number of fused-ring (bicyclic) bond motifs is 2. The van der Waals surface area contributed by atoms with E-state index in [1.165, 1.54) is 4.88 Å². The first-order chi connectivity index (χ1) is 11.5. The molecule has 0 saturated carbocycles. The number of ketones is 1. The molecule has 0 radical (unpaired) electrons. The van der Waals surface area contributed by atoms with Gasteiger partial charge in [-0.2, -0.15) is 0 Å². The number of Topliss-reactive ketones (excluding diaryl/α,β-unsaturated/α-hetero) is 1. The predicted molar refractivity (Wildman–Crippen MR) is 93.2 cm³/mol. The van der Waals surface area contributed by atoms with Crippen molar-refractivity contribution < 1.29 is 14.0 Å². The van der Waals surface area contributed by atoms with Gasteiger partial charge >= 0.3 is 0 Å². The van der Waals surface area contributed by atoms with Crippen molar-refractivity contribution in [1.82, 2.24) is 5.32 Å². The van der Waals surface area contributed by atoms with Crippen LogP contribution >= 0.6 is 22.9 Å². The first-order valence-electron chi connectivity index (χ1n) is 8.29. The molecule has 2 heterocycles. The number of halogens is 1. The van der Waals surface area contributed by atoms with Gasteiger partial charge in [0.1, 0.15) is 5.76 Å². The van der Waals surface area contributed by atoms with E-state index in [0.717, 1.165) is 42.0 Å². The van der Waals surface area contributed by atoms with E-state index < -0.39 is 0 Å². The van der Waals surface area contributed by atoms with E-state index in [-0.39, 0.29) is 23.5 Å². The summed E-state index contributed by atoms with van der Waals surface area (Å²) in [5.41, 5.74) is 2.41. The molecule has 0 bridgehead atoms. The van der Waals surface area contributed by atoms with Gasteiger partial charge < -0.3 is 9.73 Å². The maximum Gasteiger partial charge on any atom is 0.287 e. The Morgan fingerprint density at radius 2 is 2.17 bits per heavy atom. The molecule has 0 fully saturated rings. The maximum absolute atomic E-state index is 12.7. The smallest absolute Gasteiger partial charge is 0.287 e. The summed E-state index contributed by atoms with van der Waals surface area (Å²) in [5, 5.41) is 3.07. The molecule has 1 unspecified atom stereocenters. The van der Waals surface area contributed by atoms with Crippen LogP contribution in [-0.4, -0.2) is 11.7 Å². The molecule has 0 spiro atoms. The third-order valence-electron chi connectivity index (χ3n) is 4.90. The van der Waals surface area contributed by atoms with Crippen LogP contribution < -0.4 is 5.32 Å². The van der Waals surface area contributed by atoms with Crippen molar-refractivity contribution in [2.45, 2.75) is 51.5 Å². The molecular formula is C18H18ClNO3S. The van der Waals surface area contributed by atoms with Crippen LogP contribution in [0.15, 0.2) is 10.5 Å². The van der Waals surface area contributed by atoms with Gasteiger partial charge in [-0.3, -0.25) is 9.59 Å². The van der Waals surface area contributed by atoms with Gasteiger partial charge in [0, 0.05) is 23.3 Å². The van der Waals surface area contributed by atoms with Crippen molar-refractivity contribution >= 4 is 34.6 Å². The lowest BCUT2D eigenvalue weighted by molar-refractivity contribution is 0.0899. The number of carbonyl (C=O) groups excluding carboxylic acids is 2. The van der Waals surface area contributed by atoms with Gasteiger partial charge in [0.05, 0.1) is 15.9 Å². The van der Waals surface area contributed by atoms with E-state index >= 15 is 0 Å². The Hall–Kier alpha value is -1.59. The molecule has 0 aromatic carbocycles. The topological polar surface area (TPSA) is 59.3 Å². The lowest BCUT2D eigenvalue weighted by atomic mass is 9.93. The van der Waals surface area contributed by atoms with Crippen molar-refractivity contribution in [3.63, 3.8) is 0 Å². The summed E-state index contributed by atoms with van der Waals surface area (Å²) < 4.78 is 6.51. The third-order valence-corrected chi connectivity index (χ3v) is 6.24. The Morgan fingerprint density at radius 3 is 2.96 bits per heavy atom. The number of carbonyl (C=O) groups is 2. The highest BCUT2D eigenvalue weighted by molar-refractivity contribution is 7.16. The first kappa shape index (κ1) is 15.9. The van der Waals surface area contributed by atoms with Crippen molar-refractivity contribution in [2.24, 2.45) is 0 Å². The van der Waals surface area contributed by atoms with Crippen LogP contribution in [0, 0.1) is 6.92 Å². The van der Waals surface area contributed by atoms with Gasteiger partial charge in [-0.15, -0.1) is 11.3 Å². The van der Waals surface area contributed by atoms with Crippen molar-refractivity contribution in [1.29, 1.82) is 0 Å². The average Bonchev–Trinajstić information content (AvgIpc) is 3.08. The van der Waals surface area contributed by atoms with Crippen molar-refractivity contribution in [3.05, 3.63) is 43.5 Å². The Kier molecular flexibility index (Phi) is 4.01. The maximum atomic E-state index is 12.7. The number of thiophene rings is 1. The fourth-order valence-electron chi connectivity index (χ4n) is 3.76. The van der Waals surface area contributed by atoms with Crippen LogP contribution in [0.3, 0.4) is 0 Å². The molecule has 2 aromatic heterocycles. The molecule has 126 valence electrons. The molecule has 6 heteroatoms. The number of hydrogen-bond acceptors (Lipinski definition) is 4. The summed E-state index contributed by atoms with van der Waals surface area (Å²) in [6, 6.07) is 1.91. The van der Waals surface area contributed by atoms with Crippen LogP contribution in [0.25, 0.3) is 0 Å². The molecule has 1 atom stereocenters. The van der Waals surface area contributed by atoms with Crippen molar-refractivity contribution in [3.8, 4) is 0 Å². The SMILES string of the molecule is Cc1c(C(=O)NC2CCCc3sc(Cl)cc32)oc2c1C(=O)CCC2. The lowest BCUT2D eigenvalue weighted by Gasteiger charge is -2.23. The molecule has 2 aromatic rings. The van der Waals surface area contributed by atoms with E-state index in [2.05, 4.69) is 5.32 Å². The Labute approximate surface area is 149 Å². The molecule has 2 aliphatic rings. The number of furan rings is 1. The lowest BCUT2D eigenvalue weighted by Crippen LogP contribution is -2.30. The van der Waals surface area contributed by atoms with E-state index in [9.17, 15) is 9.59 Å². The van der Waals surface area contributed by atoms with Crippen LogP contribution in [0.4, 0.5) is 0 Å². The first-order valence-corrected chi connectivity index (χ1v) is 9.48. The minimum Gasteiger partial charge on any atom is -0.455 e. The van der Waals surface area contributed by atoms with E-state index in [4.69, 9.17) is 16.0 Å². The van der Waals surface area contributed by atoms with Crippen LogP contribution in [-0.2, 0) is 12.8 Å². The standard InChI is InChI=1S/C18H18ClNO3S/c1-9-16-12(21)5-3-6-13(16)23-17(9)18(22)20-11-4-2-7-14-10(11)8-15(19)24-14/h8,11H,2-7H2,1H3,(H,20,22).